The number of carbonyl (C=O) groups is 4. The normalized spacial score (nSPS) is 18.8. The van der Waals surface area contributed by atoms with Crippen LogP contribution in [0.25, 0.3) is 11.3 Å². The van der Waals surface area contributed by atoms with Crippen molar-refractivity contribution in [1.82, 2.24) is 21.1 Å². The van der Waals surface area contributed by atoms with Crippen molar-refractivity contribution >= 4 is 23.5 Å². The van der Waals surface area contributed by atoms with Crippen LogP contribution in [0.4, 0.5) is 17.6 Å². The van der Waals surface area contributed by atoms with E-state index in [1.807, 2.05) is 0 Å². The van der Waals surface area contributed by atoms with E-state index in [4.69, 9.17) is 4.52 Å². The van der Waals surface area contributed by atoms with E-state index in [0.29, 0.717) is 13.0 Å². The minimum absolute atomic E-state index is 0.00777. The number of alkyl halides is 3. The molecule has 1 saturated carbocycles. The number of hydrogen-bond donors (Lipinski definition) is 3. The van der Waals surface area contributed by atoms with Crippen molar-refractivity contribution in [3.63, 3.8) is 0 Å². The Morgan fingerprint density at radius 1 is 1.10 bits per heavy atom. The molecule has 10 nitrogen and oxygen atoms in total. The van der Waals surface area contributed by atoms with Crippen LogP contribution < -0.4 is 16.0 Å². The molecule has 3 amide bonds. The lowest BCUT2D eigenvalue weighted by Crippen LogP contribution is -2.53. The first-order chi connectivity index (χ1) is 18.5. The molecule has 1 aliphatic carbocycles. The zero-order chi connectivity index (χ0) is 28.2. The van der Waals surface area contributed by atoms with Gasteiger partial charge in [0, 0.05) is 18.5 Å². The van der Waals surface area contributed by atoms with E-state index in [2.05, 4.69) is 25.8 Å². The molecule has 1 saturated heterocycles. The van der Waals surface area contributed by atoms with Crippen LogP contribution in [-0.2, 0) is 19.1 Å². The van der Waals surface area contributed by atoms with E-state index in [0.717, 1.165) is 12.8 Å². The number of amides is 3. The maximum absolute atomic E-state index is 14.1. The molecule has 1 aromatic carbocycles. The summed E-state index contributed by atoms with van der Waals surface area (Å²) < 4.78 is 60.3. The molecule has 3 atom stereocenters. The molecule has 1 aromatic heterocycles. The molecular weight excluding hydrogens is 528 g/mol. The Kier molecular flexibility index (Phi) is 8.63. The van der Waals surface area contributed by atoms with E-state index in [1.54, 1.807) is 6.07 Å². The quantitative estimate of drug-likeness (QED) is 0.343. The molecule has 2 aromatic rings. The molecule has 210 valence electrons. The second-order valence-electron chi connectivity index (χ2n) is 9.54. The summed E-state index contributed by atoms with van der Waals surface area (Å²) in [5.41, 5.74) is -0.148. The molecule has 0 unspecified atom stereocenters. The average Bonchev–Trinajstić information content (AvgIpc) is 3.39. The Bertz CT molecular complexity index is 1230. The van der Waals surface area contributed by atoms with Crippen molar-refractivity contribution in [2.45, 2.75) is 50.6 Å². The second-order valence-corrected chi connectivity index (χ2v) is 9.54. The molecule has 0 spiro atoms. The topological polar surface area (TPSA) is 140 Å². The van der Waals surface area contributed by atoms with Crippen LogP contribution in [0.1, 0.15) is 42.6 Å². The Hall–Kier alpha value is -3.81. The van der Waals surface area contributed by atoms with E-state index in [1.165, 1.54) is 24.3 Å². The smallest absolute Gasteiger partial charge is 0.356 e. The maximum atomic E-state index is 14.1. The minimum Gasteiger partial charge on any atom is -0.356 e. The van der Waals surface area contributed by atoms with Crippen LogP contribution in [0.3, 0.4) is 0 Å². The van der Waals surface area contributed by atoms with Gasteiger partial charge in [0.05, 0.1) is 11.6 Å². The van der Waals surface area contributed by atoms with Gasteiger partial charge in [-0.2, -0.15) is 0 Å². The Labute approximate surface area is 219 Å². The van der Waals surface area contributed by atoms with Gasteiger partial charge in [-0.05, 0) is 37.3 Å². The molecule has 4 rings (SSSR count). The molecule has 14 heteroatoms. The summed E-state index contributed by atoms with van der Waals surface area (Å²) >= 11 is 0. The van der Waals surface area contributed by atoms with Crippen molar-refractivity contribution < 1.29 is 46.0 Å². The number of hydrogen-bond acceptors (Lipinski definition) is 7. The third-order valence-corrected chi connectivity index (χ3v) is 6.54. The third-order valence-electron chi connectivity index (χ3n) is 6.54. The van der Waals surface area contributed by atoms with Gasteiger partial charge in [-0.1, -0.05) is 30.1 Å². The number of benzene rings is 1. The number of nitrogens with one attached hydrogen (secondary N) is 3. The SMILES string of the molecule is O=C(N[C@@H](CC1CC1)C(=O)N[C@@H](C[C@@H]1CCNC1=O)C(=O)COC(F)(F)F)c1cc(-c2ccccc2F)on1. The molecular formula is C25H26F4N4O6. The molecule has 0 radical (unpaired) electrons. The number of carbonyl (C=O) groups excluding carboxylic acids is 4. The zero-order valence-electron chi connectivity index (χ0n) is 20.6. The molecule has 39 heavy (non-hydrogen) atoms. The van der Waals surface area contributed by atoms with Crippen LogP contribution in [-0.4, -0.2) is 60.3 Å². The lowest BCUT2D eigenvalue weighted by atomic mass is 9.95. The number of ketones is 1. The molecule has 1 aliphatic heterocycles. The molecule has 3 N–H and O–H groups in total. The fourth-order valence-electron chi connectivity index (χ4n) is 4.27. The summed E-state index contributed by atoms with van der Waals surface area (Å²) in [5, 5.41) is 11.1. The van der Waals surface area contributed by atoms with Gasteiger partial charge < -0.3 is 20.5 Å². The lowest BCUT2D eigenvalue weighted by molar-refractivity contribution is -0.321. The van der Waals surface area contributed by atoms with Crippen LogP contribution in [0.5, 0.6) is 0 Å². The van der Waals surface area contributed by atoms with Gasteiger partial charge in [0.1, 0.15) is 18.5 Å². The van der Waals surface area contributed by atoms with Crippen molar-refractivity contribution in [3.8, 4) is 11.3 Å². The van der Waals surface area contributed by atoms with Crippen molar-refractivity contribution in [1.29, 1.82) is 0 Å². The first-order valence-electron chi connectivity index (χ1n) is 12.3. The Morgan fingerprint density at radius 3 is 2.49 bits per heavy atom. The lowest BCUT2D eigenvalue weighted by Gasteiger charge is -2.24. The second kappa shape index (κ2) is 11.9. The fraction of sp³-hybridized carbons (Fsp3) is 0.480. The fourth-order valence-corrected chi connectivity index (χ4v) is 4.27. The zero-order valence-corrected chi connectivity index (χ0v) is 20.6. The van der Waals surface area contributed by atoms with Crippen LogP contribution in [0.15, 0.2) is 34.9 Å². The first kappa shape index (κ1) is 28.2. The largest absolute Gasteiger partial charge is 0.522 e. The number of Topliss-reactive ketones (excluding diaryl/α,β-unsaturated/α-hetero) is 1. The monoisotopic (exact) mass is 554 g/mol. The van der Waals surface area contributed by atoms with Gasteiger partial charge in [-0.25, -0.2) is 4.39 Å². The highest BCUT2D eigenvalue weighted by Gasteiger charge is 2.37. The van der Waals surface area contributed by atoms with Crippen LogP contribution in [0.2, 0.25) is 0 Å². The summed E-state index contributed by atoms with van der Waals surface area (Å²) in [5.74, 6) is -4.22. The Morgan fingerprint density at radius 2 is 1.85 bits per heavy atom. The van der Waals surface area contributed by atoms with E-state index < -0.39 is 54.4 Å². The van der Waals surface area contributed by atoms with E-state index in [-0.39, 0.29) is 41.7 Å². The van der Waals surface area contributed by atoms with Crippen molar-refractivity contribution in [3.05, 3.63) is 41.8 Å². The van der Waals surface area contributed by atoms with Crippen LogP contribution >= 0.6 is 0 Å². The number of nitrogens with zero attached hydrogens (tertiary/aromatic N) is 1. The summed E-state index contributed by atoms with van der Waals surface area (Å²) in [6, 6.07) is 4.30. The van der Waals surface area contributed by atoms with Gasteiger partial charge >= 0.3 is 6.36 Å². The molecule has 2 aliphatic rings. The van der Waals surface area contributed by atoms with Crippen molar-refractivity contribution in [2.24, 2.45) is 11.8 Å². The third kappa shape index (κ3) is 7.85. The van der Waals surface area contributed by atoms with Gasteiger partial charge in [0.2, 0.25) is 11.8 Å². The van der Waals surface area contributed by atoms with Gasteiger partial charge in [0.25, 0.3) is 5.91 Å². The van der Waals surface area contributed by atoms with E-state index >= 15 is 0 Å². The number of rotatable bonds is 12. The summed E-state index contributed by atoms with van der Waals surface area (Å²) in [6.45, 7) is -1.01. The highest BCUT2D eigenvalue weighted by Crippen LogP contribution is 2.34. The molecule has 0 bridgehead atoms. The highest BCUT2D eigenvalue weighted by molar-refractivity contribution is 5.98. The Balaban J connectivity index is 1.46. The van der Waals surface area contributed by atoms with Gasteiger partial charge in [-0.15, -0.1) is 13.2 Å². The summed E-state index contributed by atoms with van der Waals surface area (Å²) in [4.78, 5) is 50.6. The van der Waals surface area contributed by atoms with Gasteiger partial charge in [-0.3, -0.25) is 23.9 Å². The van der Waals surface area contributed by atoms with Crippen LogP contribution in [0, 0.1) is 17.7 Å². The average molecular weight is 554 g/mol. The number of ether oxygens (including phenoxy) is 1. The standard InChI is InChI=1S/C25H26F4N4O6/c26-16-4-2-1-3-15(16)21-11-19(33-39-21)24(37)32-18(9-13-5-6-13)23(36)31-17(10-14-7-8-30-22(14)35)20(34)12-38-25(27,28)29/h1-4,11,13-14,17-18H,5-10,12H2,(H,30,35)(H,31,36)(H,32,37)/t14-,17-,18-/m0/s1. The number of halogens is 4. The predicted octanol–water partition coefficient (Wildman–Crippen LogP) is 2.50. The molecule has 2 fully saturated rings. The maximum Gasteiger partial charge on any atom is 0.522 e. The molecule has 2 heterocycles. The summed E-state index contributed by atoms with van der Waals surface area (Å²) in [6.07, 6.45) is -3.11. The predicted molar refractivity (Wildman–Crippen MR) is 125 cm³/mol. The minimum atomic E-state index is -5.06. The van der Waals surface area contributed by atoms with Gasteiger partial charge in [0.15, 0.2) is 17.2 Å². The number of aromatic nitrogens is 1. The first-order valence-corrected chi connectivity index (χ1v) is 12.3. The van der Waals surface area contributed by atoms with E-state index in [9.17, 15) is 36.7 Å². The van der Waals surface area contributed by atoms with Crippen molar-refractivity contribution in [2.75, 3.05) is 13.2 Å². The summed E-state index contributed by atoms with van der Waals surface area (Å²) in [7, 11) is 0. The highest BCUT2D eigenvalue weighted by atomic mass is 19.4.